The van der Waals surface area contributed by atoms with Crippen molar-refractivity contribution in [1.82, 2.24) is 10.1 Å². The highest BCUT2D eigenvalue weighted by Gasteiger charge is 2.24. The molecule has 0 radical (unpaired) electrons. The molecule has 1 aromatic carbocycles. The van der Waals surface area contributed by atoms with E-state index in [0.29, 0.717) is 17.9 Å². The maximum Gasteiger partial charge on any atom is 0.338 e. The molecule has 1 atom stereocenters. The van der Waals surface area contributed by atoms with E-state index in [-0.39, 0.29) is 18.6 Å². The summed E-state index contributed by atoms with van der Waals surface area (Å²) in [6.07, 6.45) is 3.13. The lowest BCUT2D eigenvalue weighted by Crippen LogP contribution is -2.44. The summed E-state index contributed by atoms with van der Waals surface area (Å²) in [5, 5.41) is 3.89. The van der Waals surface area contributed by atoms with Gasteiger partial charge < -0.3 is 18.9 Å². The average molecular weight is 386 g/mol. The number of rotatable bonds is 6. The van der Waals surface area contributed by atoms with Gasteiger partial charge in [-0.15, -0.1) is 0 Å². The highest BCUT2D eigenvalue weighted by molar-refractivity contribution is 5.91. The molecule has 0 N–H and O–H groups in total. The van der Waals surface area contributed by atoms with Gasteiger partial charge in [0.05, 0.1) is 16.8 Å². The van der Waals surface area contributed by atoms with Gasteiger partial charge in [-0.05, 0) is 64.3 Å². The van der Waals surface area contributed by atoms with Gasteiger partial charge in [-0.2, -0.15) is 0 Å². The van der Waals surface area contributed by atoms with Crippen molar-refractivity contribution < 1.29 is 23.6 Å². The van der Waals surface area contributed by atoms with Crippen LogP contribution >= 0.6 is 0 Å². The summed E-state index contributed by atoms with van der Waals surface area (Å²) in [5.74, 6) is 0.690. The van der Waals surface area contributed by atoms with E-state index < -0.39 is 5.97 Å². The van der Waals surface area contributed by atoms with Crippen molar-refractivity contribution >= 4 is 11.9 Å². The van der Waals surface area contributed by atoms with E-state index >= 15 is 0 Å². The number of aromatic nitrogens is 1. The minimum absolute atomic E-state index is 0.139. The monoisotopic (exact) mass is 386 g/mol. The van der Waals surface area contributed by atoms with Gasteiger partial charge in [0.2, 0.25) is 0 Å². The fourth-order valence-corrected chi connectivity index (χ4v) is 3.31. The molecule has 0 unspecified atom stereocenters. The summed E-state index contributed by atoms with van der Waals surface area (Å²) >= 11 is 0. The second-order valence-electron chi connectivity index (χ2n) is 7.12. The van der Waals surface area contributed by atoms with Crippen LogP contribution in [0.1, 0.15) is 53.6 Å². The summed E-state index contributed by atoms with van der Waals surface area (Å²) in [4.78, 5) is 26.3. The van der Waals surface area contributed by atoms with Crippen molar-refractivity contribution in [3.8, 4) is 5.75 Å². The molecule has 28 heavy (non-hydrogen) atoms. The van der Waals surface area contributed by atoms with Gasteiger partial charge in [0.1, 0.15) is 18.1 Å². The first kappa shape index (κ1) is 19.9. The molecule has 0 aliphatic carbocycles. The maximum atomic E-state index is 12.3. The lowest BCUT2D eigenvalue weighted by molar-refractivity contribution is -0.137. The second-order valence-corrected chi connectivity index (χ2v) is 7.12. The predicted octanol–water partition coefficient (Wildman–Crippen LogP) is 3.43. The summed E-state index contributed by atoms with van der Waals surface area (Å²) in [6.45, 7) is 6.57. The van der Waals surface area contributed by atoms with Crippen molar-refractivity contribution in [2.75, 3.05) is 13.2 Å². The SMILES string of the molecule is Cc1noc(C)c1COc1ccc(C(=O)OCC(=O)N2CCCC[C@H]2C)cc1. The van der Waals surface area contributed by atoms with Gasteiger partial charge in [-0.25, -0.2) is 4.79 Å². The lowest BCUT2D eigenvalue weighted by Gasteiger charge is -2.33. The number of amides is 1. The van der Waals surface area contributed by atoms with Gasteiger partial charge in [-0.3, -0.25) is 4.79 Å². The number of likely N-dealkylation sites (tertiary alicyclic amines) is 1. The van der Waals surface area contributed by atoms with E-state index in [1.165, 1.54) is 0 Å². The molecule has 2 aromatic rings. The number of nitrogens with zero attached hydrogens (tertiary/aromatic N) is 2. The molecule has 1 amide bonds. The first-order chi connectivity index (χ1) is 13.5. The van der Waals surface area contributed by atoms with E-state index in [0.717, 1.165) is 42.8 Å². The standard InChI is InChI=1S/C21H26N2O5/c1-14-6-4-5-11-23(14)20(24)13-27-21(25)17-7-9-18(10-8-17)26-12-19-15(2)22-28-16(19)3/h7-10,14H,4-6,11-13H2,1-3H3/t14-/m1/s1. The molecule has 1 saturated heterocycles. The van der Waals surface area contributed by atoms with Crippen LogP contribution in [0.4, 0.5) is 0 Å². The van der Waals surface area contributed by atoms with Crippen molar-refractivity contribution in [1.29, 1.82) is 0 Å². The second kappa shape index (κ2) is 8.91. The third kappa shape index (κ3) is 4.71. The average Bonchev–Trinajstić information content (AvgIpc) is 3.02. The zero-order valence-electron chi connectivity index (χ0n) is 16.6. The fraction of sp³-hybridized carbons (Fsp3) is 0.476. The Hall–Kier alpha value is -2.83. The number of carbonyl (C=O) groups is 2. The third-order valence-electron chi connectivity index (χ3n) is 5.10. The Labute approximate surface area is 164 Å². The Bertz CT molecular complexity index is 808. The number of piperidine rings is 1. The molecule has 7 heteroatoms. The first-order valence-electron chi connectivity index (χ1n) is 9.57. The number of aryl methyl sites for hydroxylation is 2. The first-order valence-corrected chi connectivity index (χ1v) is 9.57. The highest BCUT2D eigenvalue weighted by atomic mass is 16.5. The largest absolute Gasteiger partial charge is 0.489 e. The van der Waals surface area contributed by atoms with Crippen LogP contribution in [0.25, 0.3) is 0 Å². The lowest BCUT2D eigenvalue weighted by atomic mass is 10.0. The van der Waals surface area contributed by atoms with Gasteiger partial charge in [0.15, 0.2) is 6.61 Å². The molecule has 1 aliphatic heterocycles. The van der Waals surface area contributed by atoms with E-state index in [4.69, 9.17) is 14.0 Å². The van der Waals surface area contributed by atoms with Crippen LogP contribution in [-0.4, -0.2) is 41.1 Å². The van der Waals surface area contributed by atoms with Crippen LogP contribution in [0.15, 0.2) is 28.8 Å². The molecular weight excluding hydrogens is 360 g/mol. The van der Waals surface area contributed by atoms with Crippen LogP contribution in [0.2, 0.25) is 0 Å². The summed E-state index contributed by atoms with van der Waals surface area (Å²) in [6, 6.07) is 6.85. The zero-order valence-corrected chi connectivity index (χ0v) is 16.6. The molecule has 0 bridgehead atoms. The number of carbonyl (C=O) groups excluding carboxylic acids is 2. The van der Waals surface area contributed by atoms with Crippen LogP contribution < -0.4 is 4.74 Å². The molecule has 3 rings (SSSR count). The predicted molar refractivity (Wildman–Crippen MR) is 102 cm³/mol. The van der Waals surface area contributed by atoms with E-state index in [1.54, 1.807) is 29.2 Å². The number of benzene rings is 1. The zero-order chi connectivity index (χ0) is 20.1. The maximum absolute atomic E-state index is 12.3. The van der Waals surface area contributed by atoms with E-state index in [2.05, 4.69) is 5.16 Å². The summed E-state index contributed by atoms with van der Waals surface area (Å²) < 4.78 is 16.0. The number of hydrogen-bond donors (Lipinski definition) is 0. The Morgan fingerprint density at radius 2 is 1.96 bits per heavy atom. The van der Waals surface area contributed by atoms with Crippen molar-refractivity contribution in [3.05, 3.63) is 46.8 Å². The van der Waals surface area contributed by atoms with Crippen molar-refractivity contribution in [3.63, 3.8) is 0 Å². The van der Waals surface area contributed by atoms with Crippen LogP contribution in [0.5, 0.6) is 5.75 Å². The molecular formula is C21H26N2O5. The smallest absolute Gasteiger partial charge is 0.338 e. The summed E-state index contributed by atoms with van der Waals surface area (Å²) in [5.41, 5.74) is 2.09. The molecule has 7 nitrogen and oxygen atoms in total. The highest BCUT2D eigenvalue weighted by Crippen LogP contribution is 2.19. The number of ether oxygens (including phenoxy) is 2. The van der Waals surface area contributed by atoms with Crippen LogP contribution in [-0.2, 0) is 16.1 Å². The van der Waals surface area contributed by atoms with Crippen molar-refractivity contribution in [2.24, 2.45) is 0 Å². The molecule has 2 heterocycles. The van der Waals surface area contributed by atoms with E-state index in [9.17, 15) is 9.59 Å². The Kier molecular flexibility index (Phi) is 6.34. The molecule has 1 fully saturated rings. The van der Waals surface area contributed by atoms with Crippen molar-refractivity contribution in [2.45, 2.75) is 52.7 Å². The van der Waals surface area contributed by atoms with Crippen LogP contribution in [0, 0.1) is 13.8 Å². The van der Waals surface area contributed by atoms with Crippen LogP contribution in [0.3, 0.4) is 0 Å². The Morgan fingerprint density at radius 3 is 2.61 bits per heavy atom. The molecule has 1 aromatic heterocycles. The van der Waals surface area contributed by atoms with Gasteiger partial charge in [0, 0.05) is 12.6 Å². The minimum atomic E-state index is -0.518. The Morgan fingerprint density at radius 1 is 1.21 bits per heavy atom. The number of esters is 1. The normalized spacial score (nSPS) is 16.7. The van der Waals surface area contributed by atoms with Gasteiger partial charge in [-0.1, -0.05) is 5.16 Å². The third-order valence-corrected chi connectivity index (χ3v) is 5.10. The molecule has 150 valence electrons. The number of hydrogen-bond acceptors (Lipinski definition) is 6. The topological polar surface area (TPSA) is 81.9 Å². The minimum Gasteiger partial charge on any atom is -0.489 e. The molecule has 0 saturated carbocycles. The summed E-state index contributed by atoms with van der Waals surface area (Å²) in [7, 11) is 0. The fourth-order valence-electron chi connectivity index (χ4n) is 3.31. The van der Waals surface area contributed by atoms with E-state index in [1.807, 2.05) is 20.8 Å². The molecule has 1 aliphatic rings. The quantitative estimate of drug-likeness (QED) is 0.708. The van der Waals surface area contributed by atoms with Gasteiger partial charge >= 0.3 is 5.97 Å². The van der Waals surface area contributed by atoms with Gasteiger partial charge in [0.25, 0.3) is 5.91 Å². The Balaban J connectivity index is 1.50. The molecule has 0 spiro atoms.